The van der Waals surface area contributed by atoms with Crippen LogP contribution in [0.15, 0.2) is 37.0 Å². The fraction of sp³-hybridized carbons (Fsp3) is 0.333. The van der Waals surface area contributed by atoms with Crippen molar-refractivity contribution in [2.24, 2.45) is 0 Å². The van der Waals surface area contributed by atoms with Crippen LogP contribution in [0.25, 0.3) is 0 Å². The van der Waals surface area contributed by atoms with Gasteiger partial charge in [0.25, 0.3) is 0 Å². The minimum Gasteiger partial charge on any atom is -0.338 e. The maximum absolute atomic E-state index is 11.3. The van der Waals surface area contributed by atoms with Crippen LogP contribution in [0.5, 0.6) is 0 Å². The van der Waals surface area contributed by atoms with Crippen LogP contribution < -0.4 is 10.6 Å². The molecule has 1 unspecified atom stereocenters. The zero-order valence-electron chi connectivity index (χ0n) is 9.53. The summed E-state index contributed by atoms with van der Waals surface area (Å²) in [6, 6.07) is -0.446. The number of carbonyl (C=O) groups is 2. The molecular weight excluding hydrogens is 204 g/mol. The molecule has 0 saturated heterocycles. The average Bonchev–Trinajstić information content (AvgIpc) is 2.26. The first-order valence-electron chi connectivity index (χ1n) is 5.08. The van der Waals surface area contributed by atoms with E-state index < -0.39 is 0 Å². The fourth-order valence-electron chi connectivity index (χ4n) is 1.10. The summed E-state index contributed by atoms with van der Waals surface area (Å²) in [7, 11) is 0. The van der Waals surface area contributed by atoms with Gasteiger partial charge < -0.3 is 15.4 Å². The van der Waals surface area contributed by atoms with E-state index in [4.69, 9.17) is 0 Å². The van der Waals surface area contributed by atoms with Gasteiger partial charge >= 0.3 is 6.03 Å². The number of hydrogen-bond donors (Lipinski definition) is 2. The highest BCUT2D eigenvalue weighted by Crippen LogP contribution is 2.02. The van der Waals surface area contributed by atoms with Crippen LogP contribution in [0.2, 0.25) is 0 Å². The van der Waals surface area contributed by atoms with Crippen LogP contribution in [0, 0.1) is 0 Å². The highest BCUT2D eigenvalue weighted by atomic mass is 16.2. The number of rotatable bonds is 7. The van der Waals surface area contributed by atoms with Crippen LogP contribution in [0.1, 0.15) is 13.3 Å². The maximum atomic E-state index is 11.3. The topological polar surface area (TPSA) is 58.2 Å². The molecule has 4 heteroatoms. The van der Waals surface area contributed by atoms with Crippen molar-refractivity contribution in [3.63, 3.8) is 0 Å². The predicted molar refractivity (Wildman–Crippen MR) is 65.2 cm³/mol. The molecule has 2 amide bonds. The van der Waals surface area contributed by atoms with Gasteiger partial charge in [0.05, 0.1) is 6.04 Å². The molecule has 4 nitrogen and oxygen atoms in total. The van der Waals surface area contributed by atoms with Crippen molar-refractivity contribution in [3.8, 4) is 0 Å². The highest BCUT2D eigenvalue weighted by Gasteiger charge is 2.08. The predicted octanol–water partition coefficient (Wildman–Crippen LogP) is 1.56. The van der Waals surface area contributed by atoms with Crippen LogP contribution >= 0.6 is 0 Å². The molecule has 16 heavy (non-hydrogen) atoms. The van der Waals surface area contributed by atoms with Crippen LogP contribution in [-0.4, -0.2) is 24.9 Å². The molecule has 0 heterocycles. The van der Waals surface area contributed by atoms with E-state index in [1.807, 2.05) is 6.92 Å². The molecule has 88 valence electrons. The van der Waals surface area contributed by atoms with E-state index in [1.54, 1.807) is 18.2 Å². The molecule has 0 aliphatic heterocycles. The minimum atomic E-state index is -0.300. The number of aldehydes is 1. The molecule has 1 atom stereocenters. The van der Waals surface area contributed by atoms with Gasteiger partial charge in [0.1, 0.15) is 6.29 Å². The van der Waals surface area contributed by atoms with Crippen molar-refractivity contribution in [3.05, 3.63) is 37.0 Å². The van der Waals surface area contributed by atoms with Gasteiger partial charge in [-0.2, -0.15) is 0 Å². The van der Waals surface area contributed by atoms with E-state index in [0.29, 0.717) is 13.0 Å². The van der Waals surface area contributed by atoms with Crippen molar-refractivity contribution in [2.45, 2.75) is 19.4 Å². The SMILES string of the molecule is C=C/C=C(\C=C)C(C)NC(=O)NCCC=O. The fourth-order valence-corrected chi connectivity index (χ4v) is 1.10. The Labute approximate surface area is 96.1 Å². The molecular formula is C12H18N2O2. The average molecular weight is 222 g/mol. The molecule has 0 bridgehead atoms. The second-order valence-corrected chi connectivity index (χ2v) is 3.18. The first kappa shape index (κ1) is 14.2. The third kappa shape index (κ3) is 5.80. The third-order valence-corrected chi connectivity index (χ3v) is 1.94. The van der Waals surface area contributed by atoms with Gasteiger partial charge in [-0.3, -0.25) is 0 Å². The quantitative estimate of drug-likeness (QED) is 0.390. The van der Waals surface area contributed by atoms with E-state index in [9.17, 15) is 9.59 Å². The molecule has 0 aromatic rings. The Bertz CT molecular complexity index is 295. The number of allylic oxidation sites excluding steroid dienone is 2. The number of amides is 2. The van der Waals surface area contributed by atoms with Gasteiger partial charge in [0, 0.05) is 13.0 Å². The first-order valence-corrected chi connectivity index (χ1v) is 5.08. The summed E-state index contributed by atoms with van der Waals surface area (Å²) in [6.45, 7) is 9.42. The zero-order chi connectivity index (χ0) is 12.4. The second kappa shape index (κ2) is 8.47. The lowest BCUT2D eigenvalue weighted by Gasteiger charge is -2.15. The number of hydrogen-bond acceptors (Lipinski definition) is 2. The largest absolute Gasteiger partial charge is 0.338 e. The van der Waals surface area contributed by atoms with Crippen LogP contribution in [0.4, 0.5) is 4.79 Å². The van der Waals surface area contributed by atoms with Crippen molar-refractivity contribution in [1.82, 2.24) is 10.6 Å². The van der Waals surface area contributed by atoms with E-state index >= 15 is 0 Å². The molecule has 0 spiro atoms. The summed E-state index contributed by atoms with van der Waals surface area (Å²) in [5, 5.41) is 5.29. The number of nitrogens with one attached hydrogen (secondary N) is 2. The standard InChI is InChI=1S/C12H18N2O2/c1-4-7-11(5-2)10(3)14-12(16)13-8-6-9-15/h4-5,7,9-10H,1-2,6,8H2,3H3,(H2,13,14,16)/b11-7+. The maximum Gasteiger partial charge on any atom is 0.315 e. The Morgan fingerprint density at radius 2 is 2.12 bits per heavy atom. The van der Waals surface area contributed by atoms with Crippen LogP contribution in [-0.2, 0) is 4.79 Å². The van der Waals surface area contributed by atoms with Crippen molar-refractivity contribution < 1.29 is 9.59 Å². The summed E-state index contributed by atoms with van der Waals surface area (Å²) in [5.41, 5.74) is 0.875. The number of urea groups is 1. The van der Waals surface area contributed by atoms with E-state index in [-0.39, 0.29) is 12.1 Å². The van der Waals surface area contributed by atoms with E-state index in [1.165, 1.54) is 0 Å². The van der Waals surface area contributed by atoms with Gasteiger partial charge in [-0.1, -0.05) is 31.4 Å². The lowest BCUT2D eigenvalue weighted by molar-refractivity contribution is -0.107. The first-order chi connectivity index (χ1) is 7.65. The van der Waals surface area contributed by atoms with Gasteiger partial charge in [-0.15, -0.1) is 0 Å². The summed E-state index contributed by atoms with van der Waals surface area (Å²) < 4.78 is 0. The van der Waals surface area contributed by atoms with Gasteiger partial charge in [0.15, 0.2) is 0 Å². The van der Waals surface area contributed by atoms with E-state index in [0.717, 1.165) is 11.9 Å². The van der Waals surface area contributed by atoms with Crippen LogP contribution in [0.3, 0.4) is 0 Å². The Balaban J connectivity index is 4.11. The van der Waals surface area contributed by atoms with Crippen molar-refractivity contribution in [1.29, 1.82) is 0 Å². The van der Waals surface area contributed by atoms with Gasteiger partial charge in [0.2, 0.25) is 0 Å². The van der Waals surface area contributed by atoms with Crippen molar-refractivity contribution >= 4 is 12.3 Å². The lowest BCUT2D eigenvalue weighted by atomic mass is 10.1. The minimum absolute atomic E-state index is 0.147. The summed E-state index contributed by atoms with van der Waals surface area (Å²) >= 11 is 0. The molecule has 0 radical (unpaired) electrons. The lowest BCUT2D eigenvalue weighted by Crippen LogP contribution is -2.41. The monoisotopic (exact) mass is 222 g/mol. The Morgan fingerprint density at radius 1 is 1.44 bits per heavy atom. The molecule has 2 N–H and O–H groups in total. The zero-order valence-corrected chi connectivity index (χ0v) is 9.53. The smallest absolute Gasteiger partial charge is 0.315 e. The molecule has 0 aromatic heterocycles. The Kier molecular flexibility index (Phi) is 7.49. The highest BCUT2D eigenvalue weighted by molar-refractivity contribution is 5.75. The summed E-state index contributed by atoms with van der Waals surface area (Å²) in [6.07, 6.45) is 6.16. The molecule has 0 saturated carbocycles. The Morgan fingerprint density at radius 3 is 2.62 bits per heavy atom. The van der Waals surface area contributed by atoms with Crippen molar-refractivity contribution in [2.75, 3.05) is 6.54 Å². The van der Waals surface area contributed by atoms with E-state index in [2.05, 4.69) is 23.8 Å². The normalized spacial score (nSPS) is 12.4. The summed E-state index contributed by atoms with van der Waals surface area (Å²) in [4.78, 5) is 21.4. The molecule has 0 fully saturated rings. The molecule has 0 rings (SSSR count). The molecule has 0 aliphatic carbocycles. The molecule has 0 aliphatic rings. The Hall–Kier alpha value is -1.84. The summed E-state index contributed by atoms with van der Waals surface area (Å²) in [5.74, 6) is 0. The van der Waals surface area contributed by atoms with Gasteiger partial charge in [-0.25, -0.2) is 4.79 Å². The molecule has 0 aromatic carbocycles. The van der Waals surface area contributed by atoms with Gasteiger partial charge in [-0.05, 0) is 12.5 Å². The number of carbonyl (C=O) groups excluding carboxylic acids is 2. The second-order valence-electron chi connectivity index (χ2n) is 3.18. The third-order valence-electron chi connectivity index (χ3n) is 1.94.